The molecule has 18 heavy (non-hydrogen) atoms. The Bertz CT molecular complexity index is 363. The zero-order valence-corrected chi connectivity index (χ0v) is 11.0. The second-order valence-corrected chi connectivity index (χ2v) is 3.75. The number of esters is 1. The number of carbonyl (C=O) groups is 1. The van der Waals surface area contributed by atoms with Crippen molar-refractivity contribution in [2.75, 3.05) is 26.9 Å². The van der Waals surface area contributed by atoms with Crippen molar-refractivity contribution in [2.24, 2.45) is 0 Å². The van der Waals surface area contributed by atoms with Crippen molar-refractivity contribution in [3.8, 4) is 5.75 Å². The molecule has 0 saturated heterocycles. The molecule has 0 bridgehead atoms. The average molecular weight is 252 g/mol. The Morgan fingerprint density at radius 3 is 2.72 bits per heavy atom. The molecule has 1 rings (SSSR count). The van der Waals surface area contributed by atoms with Gasteiger partial charge in [0, 0.05) is 13.5 Å². The zero-order valence-electron chi connectivity index (χ0n) is 11.0. The van der Waals surface area contributed by atoms with Crippen LogP contribution < -0.4 is 4.74 Å². The minimum atomic E-state index is -0.177. The largest absolute Gasteiger partial charge is 0.491 e. The van der Waals surface area contributed by atoms with Gasteiger partial charge in [0.25, 0.3) is 0 Å². The molecular weight excluding hydrogens is 232 g/mol. The highest BCUT2D eigenvalue weighted by Crippen LogP contribution is 2.19. The van der Waals surface area contributed by atoms with E-state index in [4.69, 9.17) is 14.2 Å². The molecule has 1 aromatic rings. The predicted octanol–water partition coefficient (Wildman–Crippen LogP) is 2.21. The van der Waals surface area contributed by atoms with E-state index in [9.17, 15) is 4.79 Å². The fraction of sp³-hybridized carbons (Fsp3) is 0.500. The van der Waals surface area contributed by atoms with Crippen LogP contribution in [0.4, 0.5) is 0 Å². The molecule has 0 aliphatic carbocycles. The Morgan fingerprint density at radius 2 is 2.00 bits per heavy atom. The molecule has 100 valence electrons. The number of ether oxygens (including phenoxy) is 3. The van der Waals surface area contributed by atoms with Gasteiger partial charge in [0.15, 0.2) is 0 Å². The van der Waals surface area contributed by atoms with Gasteiger partial charge < -0.3 is 14.2 Å². The first-order chi connectivity index (χ1) is 8.77. The zero-order chi connectivity index (χ0) is 13.2. The van der Waals surface area contributed by atoms with Crippen molar-refractivity contribution >= 4 is 5.97 Å². The molecule has 0 heterocycles. The average Bonchev–Trinajstić information content (AvgIpc) is 2.38. The van der Waals surface area contributed by atoms with Crippen molar-refractivity contribution in [3.63, 3.8) is 0 Å². The molecule has 0 atom stereocenters. The van der Waals surface area contributed by atoms with Crippen molar-refractivity contribution in [1.82, 2.24) is 0 Å². The number of rotatable bonds is 8. The van der Waals surface area contributed by atoms with Crippen LogP contribution in [0.15, 0.2) is 24.3 Å². The maximum Gasteiger partial charge on any atom is 0.306 e. The third kappa shape index (κ3) is 5.19. The first-order valence-electron chi connectivity index (χ1n) is 6.13. The van der Waals surface area contributed by atoms with E-state index in [0.717, 1.165) is 11.3 Å². The maximum absolute atomic E-state index is 11.3. The molecule has 4 nitrogen and oxygen atoms in total. The Labute approximate surface area is 108 Å². The van der Waals surface area contributed by atoms with Gasteiger partial charge >= 0.3 is 5.97 Å². The van der Waals surface area contributed by atoms with Crippen molar-refractivity contribution < 1.29 is 19.0 Å². The van der Waals surface area contributed by atoms with Gasteiger partial charge in [-0.05, 0) is 25.0 Å². The molecule has 0 spiro atoms. The number of hydrogen-bond acceptors (Lipinski definition) is 4. The summed E-state index contributed by atoms with van der Waals surface area (Å²) in [6.45, 7) is 3.28. The molecule has 0 aliphatic rings. The molecule has 0 fully saturated rings. The molecular formula is C14H20O4. The topological polar surface area (TPSA) is 44.8 Å². The number of carbonyl (C=O) groups excluding carboxylic acids is 1. The van der Waals surface area contributed by atoms with E-state index in [1.54, 1.807) is 14.0 Å². The van der Waals surface area contributed by atoms with Gasteiger partial charge in [0.2, 0.25) is 0 Å². The second-order valence-electron chi connectivity index (χ2n) is 3.75. The van der Waals surface area contributed by atoms with Gasteiger partial charge in [-0.2, -0.15) is 0 Å². The van der Waals surface area contributed by atoms with Crippen LogP contribution in [0.25, 0.3) is 0 Å². The lowest BCUT2D eigenvalue weighted by atomic mass is 10.1. The lowest BCUT2D eigenvalue weighted by Crippen LogP contribution is -2.08. The first-order valence-corrected chi connectivity index (χ1v) is 6.13. The summed E-state index contributed by atoms with van der Waals surface area (Å²) in [6, 6.07) is 7.71. The summed E-state index contributed by atoms with van der Waals surface area (Å²) in [6.07, 6.45) is 1.00. The fourth-order valence-corrected chi connectivity index (χ4v) is 1.56. The monoisotopic (exact) mass is 252 g/mol. The van der Waals surface area contributed by atoms with E-state index in [2.05, 4.69) is 0 Å². The molecule has 0 aromatic heterocycles. The molecule has 0 saturated carbocycles. The highest BCUT2D eigenvalue weighted by molar-refractivity contribution is 5.69. The Morgan fingerprint density at radius 1 is 1.22 bits per heavy atom. The molecule has 0 N–H and O–H groups in total. The third-order valence-corrected chi connectivity index (χ3v) is 2.42. The molecule has 4 heteroatoms. The highest BCUT2D eigenvalue weighted by Gasteiger charge is 2.07. The van der Waals surface area contributed by atoms with E-state index in [1.165, 1.54) is 0 Å². The summed E-state index contributed by atoms with van der Waals surface area (Å²) in [5.41, 5.74) is 1.02. The maximum atomic E-state index is 11.3. The molecule has 1 aromatic carbocycles. The number of aryl methyl sites for hydroxylation is 1. The molecule has 0 aliphatic heterocycles. The van der Waals surface area contributed by atoms with Crippen LogP contribution in [-0.4, -0.2) is 32.9 Å². The van der Waals surface area contributed by atoms with Crippen LogP contribution in [0.2, 0.25) is 0 Å². The first kappa shape index (κ1) is 14.5. The van der Waals surface area contributed by atoms with Gasteiger partial charge in [-0.1, -0.05) is 18.2 Å². The third-order valence-electron chi connectivity index (χ3n) is 2.42. The van der Waals surface area contributed by atoms with Crippen LogP contribution in [-0.2, 0) is 20.7 Å². The van der Waals surface area contributed by atoms with Crippen LogP contribution in [0.1, 0.15) is 18.9 Å². The van der Waals surface area contributed by atoms with Crippen LogP contribution >= 0.6 is 0 Å². The molecule has 0 amide bonds. The minimum absolute atomic E-state index is 0.177. The quantitative estimate of drug-likeness (QED) is 0.525. The fourth-order valence-electron chi connectivity index (χ4n) is 1.56. The van der Waals surface area contributed by atoms with Gasteiger partial charge in [-0.3, -0.25) is 4.79 Å². The van der Waals surface area contributed by atoms with Crippen molar-refractivity contribution in [1.29, 1.82) is 0 Å². The number of hydrogen-bond donors (Lipinski definition) is 0. The standard InChI is InChI=1S/C14H20O4/c1-3-17-14(15)9-8-12-6-4-5-7-13(12)18-11-10-16-2/h4-7H,3,8-11H2,1-2H3. The summed E-state index contributed by atoms with van der Waals surface area (Å²) in [5, 5.41) is 0. The predicted molar refractivity (Wildman–Crippen MR) is 68.8 cm³/mol. The summed E-state index contributed by atoms with van der Waals surface area (Å²) in [4.78, 5) is 11.3. The van der Waals surface area contributed by atoms with E-state index in [1.807, 2.05) is 24.3 Å². The van der Waals surface area contributed by atoms with Gasteiger partial charge in [0.1, 0.15) is 12.4 Å². The van der Waals surface area contributed by atoms with E-state index >= 15 is 0 Å². The summed E-state index contributed by atoms with van der Waals surface area (Å²) >= 11 is 0. The van der Waals surface area contributed by atoms with Gasteiger partial charge in [-0.25, -0.2) is 0 Å². The summed E-state index contributed by atoms with van der Waals surface area (Å²) < 4.78 is 15.4. The van der Waals surface area contributed by atoms with Crippen LogP contribution in [0.3, 0.4) is 0 Å². The van der Waals surface area contributed by atoms with Gasteiger partial charge in [-0.15, -0.1) is 0 Å². The van der Waals surface area contributed by atoms with E-state index in [-0.39, 0.29) is 5.97 Å². The Hall–Kier alpha value is -1.55. The van der Waals surface area contributed by atoms with Crippen molar-refractivity contribution in [3.05, 3.63) is 29.8 Å². The SMILES string of the molecule is CCOC(=O)CCc1ccccc1OCCOC. The normalized spacial score (nSPS) is 10.1. The Balaban J connectivity index is 2.50. The molecule has 0 radical (unpaired) electrons. The molecule has 0 unspecified atom stereocenters. The van der Waals surface area contributed by atoms with E-state index < -0.39 is 0 Å². The van der Waals surface area contributed by atoms with Crippen LogP contribution in [0, 0.1) is 0 Å². The summed E-state index contributed by atoms with van der Waals surface area (Å²) in [5.74, 6) is 0.628. The number of benzene rings is 1. The number of methoxy groups -OCH3 is 1. The second kappa shape index (κ2) is 8.53. The van der Waals surface area contributed by atoms with Crippen molar-refractivity contribution in [2.45, 2.75) is 19.8 Å². The van der Waals surface area contributed by atoms with Gasteiger partial charge in [0.05, 0.1) is 13.2 Å². The lowest BCUT2D eigenvalue weighted by molar-refractivity contribution is -0.143. The number of para-hydroxylation sites is 1. The summed E-state index contributed by atoms with van der Waals surface area (Å²) in [7, 11) is 1.63. The van der Waals surface area contributed by atoms with Crippen LogP contribution in [0.5, 0.6) is 5.75 Å². The van der Waals surface area contributed by atoms with E-state index in [0.29, 0.717) is 32.7 Å². The minimum Gasteiger partial charge on any atom is -0.491 e. The lowest BCUT2D eigenvalue weighted by Gasteiger charge is -2.10. The highest BCUT2D eigenvalue weighted by atomic mass is 16.5. The smallest absolute Gasteiger partial charge is 0.306 e. The Kier molecular flexibility index (Phi) is 6.87.